The van der Waals surface area contributed by atoms with Gasteiger partial charge in [-0.3, -0.25) is 4.90 Å². The molecule has 1 aliphatic carbocycles. The van der Waals surface area contributed by atoms with E-state index in [1.54, 1.807) is 0 Å². The standard InChI is InChI=1S/C12H21N3/c1-10-2-4-11(5-3-10)15-7-6-14-9-12(15)8-13/h10-12,14H,2-7,9H2,1H3. The molecule has 0 radical (unpaired) electrons. The number of nitrogens with one attached hydrogen (secondary N) is 1. The zero-order valence-electron chi connectivity index (χ0n) is 9.58. The predicted octanol–water partition coefficient (Wildman–Crippen LogP) is 1.36. The second-order valence-corrected chi connectivity index (χ2v) is 5.00. The van der Waals surface area contributed by atoms with Gasteiger partial charge in [-0.1, -0.05) is 6.92 Å². The molecule has 0 amide bonds. The summed E-state index contributed by atoms with van der Waals surface area (Å²) in [6.45, 7) is 5.29. The Morgan fingerprint density at radius 2 is 2.00 bits per heavy atom. The quantitative estimate of drug-likeness (QED) is 0.705. The highest BCUT2D eigenvalue weighted by Gasteiger charge is 2.30. The van der Waals surface area contributed by atoms with Gasteiger partial charge in [-0.25, -0.2) is 0 Å². The van der Waals surface area contributed by atoms with Crippen molar-refractivity contribution in [1.29, 1.82) is 5.26 Å². The van der Waals surface area contributed by atoms with Crippen LogP contribution in [0.4, 0.5) is 0 Å². The zero-order chi connectivity index (χ0) is 10.7. The van der Waals surface area contributed by atoms with Crippen LogP contribution in [0.5, 0.6) is 0 Å². The van der Waals surface area contributed by atoms with Crippen molar-refractivity contribution >= 4 is 0 Å². The van der Waals surface area contributed by atoms with E-state index >= 15 is 0 Å². The monoisotopic (exact) mass is 207 g/mol. The highest BCUT2D eigenvalue weighted by atomic mass is 15.2. The molecule has 1 N–H and O–H groups in total. The summed E-state index contributed by atoms with van der Waals surface area (Å²) in [7, 11) is 0. The fourth-order valence-electron chi connectivity index (χ4n) is 2.85. The Labute approximate surface area is 92.4 Å². The third-order valence-corrected chi connectivity index (χ3v) is 3.89. The van der Waals surface area contributed by atoms with Crippen LogP contribution in [0.15, 0.2) is 0 Å². The Bertz CT molecular complexity index is 238. The average Bonchev–Trinajstić information content (AvgIpc) is 2.30. The van der Waals surface area contributed by atoms with Crippen molar-refractivity contribution in [3.8, 4) is 6.07 Å². The molecule has 1 aliphatic heterocycles. The molecule has 84 valence electrons. The minimum Gasteiger partial charge on any atom is -0.313 e. The number of nitrogens with zero attached hydrogens (tertiary/aromatic N) is 2. The smallest absolute Gasteiger partial charge is 0.111 e. The molecular weight excluding hydrogens is 186 g/mol. The maximum absolute atomic E-state index is 9.11. The lowest BCUT2D eigenvalue weighted by atomic mass is 9.86. The highest BCUT2D eigenvalue weighted by molar-refractivity contribution is 4.99. The Morgan fingerprint density at radius 3 is 2.67 bits per heavy atom. The van der Waals surface area contributed by atoms with Crippen molar-refractivity contribution in [3.05, 3.63) is 0 Å². The molecule has 2 aliphatic rings. The van der Waals surface area contributed by atoms with Crippen LogP contribution < -0.4 is 5.32 Å². The van der Waals surface area contributed by atoms with Gasteiger partial charge in [0.1, 0.15) is 6.04 Å². The van der Waals surface area contributed by atoms with E-state index in [0.717, 1.165) is 25.6 Å². The van der Waals surface area contributed by atoms with Crippen LogP contribution in [-0.2, 0) is 0 Å². The summed E-state index contributed by atoms with van der Waals surface area (Å²) in [4.78, 5) is 2.43. The molecule has 1 saturated carbocycles. The lowest BCUT2D eigenvalue weighted by molar-refractivity contribution is 0.0971. The van der Waals surface area contributed by atoms with Crippen LogP contribution in [0.1, 0.15) is 32.6 Å². The molecule has 0 spiro atoms. The molecule has 1 atom stereocenters. The molecular formula is C12H21N3. The second kappa shape index (κ2) is 4.96. The number of hydrogen-bond donors (Lipinski definition) is 1. The van der Waals surface area contributed by atoms with Crippen LogP contribution in [-0.4, -0.2) is 36.6 Å². The van der Waals surface area contributed by atoms with Crippen LogP contribution in [0.3, 0.4) is 0 Å². The van der Waals surface area contributed by atoms with Gasteiger partial charge in [0.2, 0.25) is 0 Å². The Kier molecular flexibility index (Phi) is 3.61. The summed E-state index contributed by atoms with van der Waals surface area (Å²) in [5.74, 6) is 0.893. The Morgan fingerprint density at radius 1 is 1.27 bits per heavy atom. The zero-order valence-corrected chi connectivity index (χ0v) is 9.58. The predicted molar refractivity (Wildman–Crippen MR) is 60.4 cm³/mol. The normalized spacial score (nSPS) is 38.5. The van der Waals surface area contributed by atoms with Gasteiger partial charge in [-0.15, -0.1) is 0 Å². The van der Waals surface area contributed by atoms with E-state index in [2.05, 4.69) is 23.2 Å². The molecule has 15 heavy (non-hydrogen) atoms. The summed E-state index contributed by atoms with van der Waals surface area (Å²) < 4.78 is 0. The summed E-state index contributed by atoms with van der Waals surface area (Å²) in [6.07, 6.45) is 5.26. The molecule has 2 fully saturated rings. The molecule has 0 bridgehead atoms. The van der Waals surface area contributed by atoms with Gasteiger partial charge in [0.05, 0.1) is 6.07 Å². The van der Waals surface area contributed by atoms with E-state index in [0.29, 0.717) is 6.04 Å². The van der Waals surface area contributed by atoms with Crippen molar-refractivity contribution < 1.29 is 0 Å². The third-order valence-electron chi connectivity index (χ3n) is 3.89. The first kappa shape index (κ1) is 10.9. The van der Waals surface area contributed by atoms with E-state index in [9.17, 15) is 0 Å². The number of rotatable bonds is 1. The van der Waals surface area contributed by atoms with Crippen molar-refractivity contribution in [2.75, 3.05) is 19.6 Å². The number of hydrogen-bond acceptors (Lipinski definition) is 3. The van der Waals surface area contributed by atoms with Crippen LogP contribution >= 0.6 is 0 Å². The van der Waals surface area contributed by atoms with Gasteiger partial charge in [0, 0.05) is 25.7 Å². The topological polar surface area (TPSA) is 39.1 Å². The Balaban J connectivity index is 1.93. The van der Waals surface area contributed by atoms with Gasteiger partial charge in [-0.2, -0.15) is 5.26 Å². The average molecular weight is 207 g/mol. The molecule has 1 heterocycles. The van der Waals surface area contributed by atoms with Gasteiger partial charge in [-0.05, 0) is 31.6 Å². The minimum absolute atomic E-state index is 0.108. The van der Waals surface area contributed by atoms with E-state index in [1.165, 1.54) is 25.7 Å². The van der Waals surface area contributed by atoms with Gasteiger partial charge in [0.15, 0.2) is 0 Å². The largest absolute Gasteiger partial charge is 0.313 e. The van der Waals surface area contributed by atoms with Crippen molar-refractivity contribution in [1.82, 2.24) is 10.2 Å². The van der Waals surface area contributed by atoms with Crippen molar-refractivity contribution in [3.63, 3.8) is 0 Å². The first-order valence-corrected chi connectivity index (χ1v) is 6.17. The summed E-state index contributed by atoms with van der Waals surface area (Å²) >= 11 is 0. The third kappa shape index (κ3) is 2.50. The maximum Gasteiger partial charge on any atom is 0.111 e. The SMILES string of the molecule is CC1CCC(N2CCNCC2C#N)CC1. The molecule has 3 heteroatoms. The maximum atomic E-state index is 9.11. The molecule has 0 aromatic carbocycles. The summed E-state index contributed by atoms with van der Waals surface area (Å²) in [5, 5.41) is 12.4. The minimum atomic E-state index is 0.108. The fraction of sp³-hybridized carbons (Fsp3) is 0.917. The molecule has 3 nitrogen and oxygen atoms in total. The highest BCUT2D eigenvalue weighted by Crippen LogP contribution is 2.28. The summed E-state index contributed by atoms with van der Waals surface area (Å²) in [5.41, 5.74) is 0. The van der Waals surface area contributed by atoms with Crippen LogP contribution in [0, 0.1) is 17.2 Å². The van der Waals surface area contributed by atoms with E-state index in [-0.39, 0.29) is 6.04 Å². The molecule has 2 rings (SSSR count). The first-order chi connectivity index (χ1) is 7.31. The van der Waals surface area contributed by atoms with Crippen molar-refractivity contribution in [2.45, 2.75) is 44.7 Å². The second-order valence-electron chi connectivity index (χ2n) is 5.00. The van der Waals surface area contributed by atoms with E-state index in [1.807, 2.05) is 0 Å². The molecule has 0 aromatic rings. The molecule has 0 aromatic heterocycles. The Hall–Kier alpha value is -0.590. The fourth-order valence-corrected chi connectivity index (χ4v) is 2.85. The lowest BCUT2D eigenvalue weighted by Gasteiger charge is -2.41. The summed E-state index contributed by atoms with van der Waals surface area (Å²) in [6, 6.07) is 3.21. The number of nitriles is 1. The van der Waals surface area contributed by atoms with Gasteiger partial charge >= 0.3 is 0 Å². The lowest BCUT2D eigenvalue weighted by Crippen LogP contribution is -2.55. The van der Waals surface area contributed by atoms with Crippen LogP contribution in [0.2, 0.25) is 0 Å². The van der Waals surface area contributed by atoms with Crippen molar-refractivity contribution in [2.24, 2.45) is 5.92 Å². The van der Waals surface area contributed by atoms with Crippen LogP contribution in [0.25, 0.3) is 0 Å². The molecule has 1 unspecified atom stereocenters. The molecule has 1 saturated heterocycles. The van der Waals surface area contributed by atoms with E-state index in [4.69, 9.17) is 5.26 Å². The van der Waals surface area contributed by atoms with Gasteiger partial charge in [0.25, 0.3) is 0 Å². The number of piperazine rings is 1. The van der Waals surface area contributed by atoms with Gasteiger partial charge < -0.3 is 5.32 Å². The first-order valence-electron chi connectivity index (χ1n) is 6.17. The van der Waals surface area contributed by atoms with E-state index < -0.39 is 0 Å².